The number of anilines is 1. The molecule has 0 saturated heterocycles. The van der Waals surface area contributed by atoms with Gasteiger partial charge in [0, 0.05) is 22.9 Å². The molecule has 0 aliphatic carbocycles. The maximum Gasteiger partial charge on any atom is 0.336 e. The summed E-state index contributed by atoms with van der Waals surface area (Å²) in [6.07, 6.45) is 3.19. The fraction of sp³-hybridized carbons (Fsp3) is 0.312. The largest absolute Gasteiger partial charge is 0.478 e. The highest BCUT2D eigenvalue weighted by Gasteiger charge is 2.10. The van der Waals surface area contributed by atoms with Crippen LogP contribution in [0, 0.1) is 0 Å². The molecule has 0 heterocycles. The second-order valence-corrected chi connectivity index (χ2v) is 6.05. The Morgan fingerprint density at radius 1 is 1.25 bits per heavy atom. The van der Waals surface area contributed by atoms with Gasteiger partial charge in [0.25, 0.3) is 0 Å². The molecule has 0 aliphatic heterocycles. The van der Waals surface area contributed by atoms with E-state index in [0.717, 1.165) is 29.4 Å². The first-order valence-electron chi connectivity index (χ1n) is 6.65. The van der Waals surface area contributed by atoms with Gasteiger partial charge in [0.05, 0.1) is 5.56 Å². The number of nitrogens with one attached hydrogen (secondary N) is 1. The zero-order chi connectivity index (χ0) is 14.5. The molecule has 3 nitrogen and oxygen atoms in total. The molecule has 2 N–H and O–H groups in total. The van der Waals surface area contributed by atoms with E-state index < -0.39 is 5.97 Å². The molecule has 0 bridgehead atoms. The fourth-order valence-electron chi connectivity index (χ4n) is 2.17. The summed E-state index contributed by atoms with van der Waals surface area (Å²) in [7, 11) is 0. The number of hydrogen-bond donors (Lipinski definition) is 2. The molecule has 4 heteroatoms. The minimum absolute atomic E-state index is 0.351. The van der Waals surface area contributed by atoms with E-state index in [0.29, 0.717) is 10.8 Å². The number of carbonyl (C=O) groups is 1. The van der Waals surface area contributed by atoms with E-state index in [1.807, 2.05) is 42.1 Å². The minimum atomic E-state index is -0.885. The number of benzene rings is 2. The number of fused-ring (bicyclic) bond motifs is 1. The predicted molar refractivity (Wildman–Crippen MR) is 87.0 cm³/mol. The number of carboxylic acid groups (broad SMARTS) is 1. The van der Waals surface area contributed by atoms with Gasteiger partial charge in [-0.05, 0) is 30.2 Å². The lowest BCUT2D eigenvalue weighted by Crippen LogP contribution is -2.08. The van der Waals surface area contributed by atoms with Crippen molar-refractivity contribution in [3.05, 3.63) is 42.0 Å². The first-order chi connectivity index (χ1) is 9.63. The van der Waals surface area contributed by atoms with Gasteiger partial charge in [0.1, 0.15) is 0 Å². The first-order valence-corrected chi connectivity index (χ1v) is 7.94. The first kappa shape index (κ1) is 14.7. The van der Waals surface area contributed by atoms with E-state index in [1.54, 1.807) is 6.07 Å². The lowest BCUT2D eigenvalue weighted by atomic mass is 10.0. The summed E-state index contributed by atoms with van der Waals surface area (Å²) in [6.45, 7) is 3.09. The van der Waals surface area contributed by atoms with Crippen molar-refractivity contribution in [1.29, 1.82) is 0 Å². The smallest absolute Gasteiger partial charge is 0.336 e. The van der Waals surface area contributed by atoms with Crippen molar-refractivity contribution < 1.29 is 9.90 Å². The Labute approximate surface area is 123 Å². The van der Waals surface area contributed by atoms with Crippen LogP contribution in [0.5, 0.6) is 0 Å². The third-order valence-corrected chi connectivity index (χ3v) is 4.46. The molecule has 0 fully saturated rings. The van der Waals surface area contributed by atoms with Crippen LogP contribution in [0.4, 0.5) is 5.69 Å². The Morgan fingerprint density at radius 2 is 1.95 bits per heavy atom. The molecule has 106 valence electrons. The molecule has 1 unspecified atom stereocenters. The Morgan fingerprint density at radius 3 is 2.60 bits per heavy atom. The van der Waals surface area contributed by atoms with Crippen LogP contribution in [-0.2, 0) is 0 Å². The van der Waals surface area contributed by atoms with Crippen molar-refractivity contribution in [3.63, 3.8) is 0 Å². The average molecular weight is 289 g/mol. The highest BCUT2D eigenvalue weighted by atomic mass is 32.2. The zero-order valence-electron chi connectivity index (χ0n) is 11.7. The molecule has 1 atom stereocenters. The maximum atomic E-state index is 11.2. The van der Waals surface area contributed by atoms with Crippen LogP contribution in [0.2, 0.25) is 0 Å². The molecule has 2 aromatic rings. The van der Waals surface area contributed by atoms with Crippen LogP contribution in [-0.4, -0.2) is 29.1 Å². The van der Waals surface area contributed by atoms with Crippen LogP contribution < -0.4 is 5.32 Å². The number of rotatable bonds is 6. The molecule has 0 aliphatic rings. The fourth-order valence-corrected chi connectivity index (χ4v) is 2.52. The molecular weight excluding hydrogens is 270 g/mol. The summed E-state index contributed by atoms with van der Waals surface area (Å²) in [5.74, 6) is -0.885. The number of carboxylic acids is 1. The standard InChI is InChI=1S/C16H19NO2S/c1-11(20-2)9-10-17-15-8-7-14(16(18)19)12-5-3-4-6-13(12)15/h3-8,11,17H,9-10H2,1-2H3,(H,18,19). The van der Waals surface area contributed by atoms with Gasteiger partial charge in [-0.1, -0.05) is 31.2 Å². The Bertz CT molecular complexity index is 612. The number of aromatic carboxylic acids is 1. The van der Waals surface area contributed by atoms with E-state index in [1.165, 1.54) is 0 Å². The average Bonchev–Trinajstić information content (AvgIpc) is 2.46. The van der Waals surface area contributed by atoms with Crippen molar-refractivity contribution in [2.45, 2.75) is 18.6 Å². The van der Waals surface area contributed by atoms with Crippen molar-refractivity contribution in [1.82, 2.24) is 0 Å². The van der Waals surface area contributed by atoms with E-state index >= 15 is 0 Å². The van der Waals surface area contributed by atoms with Gasteiger partial charge in [-0.15, -0.1) is 0 Å². The molecule has 2 rings (SSSR count). The summed E-state index contributed by atoms with van der Waals surface area (Å²) in [6, 6.07) is 11.1. The summed E-state index contributed by atoms with van der Waals surface area (Å²) in [5, 5.41) is 15.0. The van der Waals surface area contributed by atoms with Crippen molar-refractivity contribution >= 4 is 34.2 Å². The molecule has 0 saturated carbocycles. The SMILES string of the molecule is CSC(C)CCNc1ccc(C(=O)O)c2ccccc12. The van der Waals surface area contributed by atoms with Crippen molar-refractivity contribution in [3.8, 4) is 0 Å². The normalized spacial score (nSPS) is 12.3. The summed E-state index contributed by atoms with van der Waals surface area (Å²) in [5.41, 5.74) is 1.35. The third kappa shape index (κ3) is 3.25. The van der Waals surface area contributed by atoms with Gasteiger partial charge in [0.2, 0.25) is 0 Å². The molecule has 2 aromatic carbocycles. The van der Waals surface area contributed by atoms with Crippen LogP contribution in [0.1, 0.15) is 23.7 Å². The van der Waals surface area contributed by atoms with Gasteiger partial charge in [-0.25, -0.2) is 4.79 Å². The van der Waals surface area contributed by atoms with Gasteiger partial charge in [-0.3, -0.25) is 0 Å². The van der Waals surface area contributed by atoms with Gasteiger partial charge >= 0.3 is 5.97 Å². The summed E-state index contributed by atoms with van der Waals surface area (Å²) in [4.78, 5) is 11.2. The molecule has 0 radical (unpaired) electrons. The van der Waals surface area contributed by atoms with Crippen LogP contribution in [0.25, 0.3) is 10.8 Å². The van der Waals surface area contributed by atoms with Crippen LogP contribution >= 0.6 is 11.8 Å². The topological polar surface area (TPSA) is 49.3 Å². The Kier molecular flexibility index (Phi) is 4.90. The van der Waals surface area contributed by atoms with E-state index in [2.05, 4.69) is 18.5 Å². The minimum Gasteiger partial charge on any atom is -0.478 e. The zero-order valence-corrected chi connectivity index (χ0v) is 12.5. The molecule has 0 aromatic heterocycles. The van der Waals surface area contributed by atoms with Crippen LogP contribution in [0.15, 0.2) is 36.4 Å². The van der Waals surface area contributed by atoms with E-state index in [9.17, 15) is 9.90 Å². The predicted octanol–water partition coefficient (Wildman–Crippen LogP) is 4.09. The number of thioether (sulfide) groups is 1. The van der Waals surface area contributed by atoms with Crippen molar-refractivity contribution in [2.75, 3.05) is 18.1 Å². The Hall–Kier alpha value is -1.68. The van der Waals surface area contributed by atoms with Gasteiger partial charge in [-0.2, -0.15) is 11.8 Å². The summed E-state index contributed by atoms with van der Waals surface area (Å²) >= 11 is 1.85. The second-order valence-electron chi connectivity index (χ2n) is 4.77. The van der Waals surface area contributed by atoms with E-state index in [-0.39, 0.29) is 0 Å². The third-order valence-electron chi connectivity index (χ3n) is 3.42. The Balaban J connectivity index is 2.27. The monoisotopic (exact) mass is 289 g/mol. The second kappa shape index (κ2) is 6.66. The lowest BCUT2D eigenvalue weighted by molar-refractivity contribution is 0.0699. The van der Waals surface area contributed by atoms with E-state index in [4.69, 9.17) is 0 Å². The highest BCUT2D eigenvalue weighted by Crippen LogP contribution is 2.27. The number of hydrogen-bond acceptors (Lipinski definition) is 3. The maximum absolute atomic E-state index is 11.2. The lowest BCUT2D eigenvalue weighted by Gasteiger charge is -2.13. The summed E-state index contributed by atoms with van der Waals surface area (Å²) < 4.78 is 0. The quantitative estimate of drug-likeness (QED) is 0.841. The van der Waals surface area contributed by atoms with Crippen molar-refractivity contribution in [2.24, 2.45) is 0 Å². The van der Waals surface area contributed by atoms with Gasteiger partial charge < -0.3 is 10.4 Å². The van der Waals surface area contributed by atoms with Gasteiger partial charge in [0.15, 0.2) is 0 Å². The molecule has 0 amide bonds. The molecule has 20 heavy (non-hydrogen) atoms. The molecular formula is C16H19NO2S. The molecule has 0 spiro atoms. The highest BCUT2D eigenvalue weighted by molar-refractivity contribution is 7.99. The van der Waals surface area contributed by atoms with Crippen LogP contribution in [0.3, 0.4) is 0 Å².